The molecule has 0 atom stereocenters. The monoisotopic (exact) mass is 299 g/mol. The summed E-state index contributed by atoms with van der Waals surface area (Å²) in [5, 5.41) is 0. The van der Waals surface area contributed by atoms with Crippen molar-refractivity contribution in [2.24, 2.45) is 5.73 Å². The molecular formula is C18H26BNO2. The lowest BCUT2D eigenvalue weighted by atomic mass is 9.70. The van der Waals surface area contributed by atoms with E-state index in [9.17, 15) is 0 Å². The lowest BCUT2D eigenvalue weighted by molar-refractivity contribution is 0.00578. The van der Waals surface area contributed by atoms with Gasteiger partial charge in [0.25, 0.3) is 0 Å². The molecule has 0 bridgehead atoms. The molecule has 1 fully saturated rings. The summed E-state index contributed by atoms with van der Waals surface area (Å²) in [5.41, 5.74) is 11.5. The second kappa shape index (κ2) is 5.42. The van der Waals surface area contributed by atoms with Gasteiger partial charge in [-0.25, -0.2) is 0 Å². The Balaban J connectivity index is 2.66. The molecule has 1 aliphatic rings. The molecule has 2 N–H and O–H groups in total. The first kappa shape index (κ1) is 17.1. The smallest absolute Gasteiger partial charge is 0.399 e. The lowest BCUT2D eigenvalue weighted by Gasteiger charge is -2.32. The minimum Gasteiger partial charge on any atom is -0.399 e. The largest absolute Gasteiger partial charge is 0.495 e. The summed E-state index contributed by atoms with van der Waals surface area (Å²) in [6.45, 7) is 14.8. The molecule has 22 heavy (non-hydrogen) atoms. The third kappa shape index (κ3) is 2.38. The molecule has 118 valence electrons. The Morgan fingerprint density at radius 1 is 1.00 bits per heavy atom. The van der Waals surface area contributed by atoms with Gasteiger partial charge in [0.2, 0.25) is 0 Å². The van der Waals surface area contributed by atoms with E-state index >= 15 is 0 Å². The van der Waals surface area contributed by atoms with Crippen molar-refractivity contribution in [2.45, 2.75) is 66.2 Å². The van der Waals surface area contributed by atoms with Crippen LogP contribution in [0.1, 0.15) is 55.5 Å². The fraction of sp³-hybridized carbons (Fsp3) is 0.556. The SMILES string of the molecule is C#Cc1c(C)c(CN)c(C)c(B2OC(C)(C)C(C)(C)O2)c1C. The summed E-state index contributed by atoms with van der Waals surface area (Å²) in [5.74, 6) is 2.80. The topological polar surface area (TPSA) is 44.5 Å². The maximum Gasteiger partial charge on any atom is 0.495 e. The molecule has 1 aromatic carbocycles. The minimum absolute atomic E-state index is 0.374. The van der Waals surface area contributed by atoms with Gasteiger partial charge < -0.3 is 15.0 Å². The standard InChI is InChI=1S/C18H26BNO2/c1-9-14-11(2)15(10-20)13(4)16(12(14)3)19-21-17(5,6)18(7,8)22-19/h1H,10,20H2,2-8H3. The van der Waals surface area contributed by atoms with Gasteiger partial charge >= 0.3 is 7.12 Å². The van der Waals surface area contributed by atoms with Crippen LogP contribution in [0.15, 0.2) is 0 Å². The van der Waals surface area contributed by atoms with Crippen LogP contribution < -0.4 is 11.2 Å². The summed E-state index contributed by atoms with van der Waals surface area (Å²) >= 11 is 0. The molecule has 1 aliphatic heterocycles. The van der Waals surface area contributed by atoms with Crippen LogP contribution in [0.25, 0.3) is 0 Å². The molecule has 0 aliphatic carbocycles. The van der Waals surface area contributed by atoms with Crippen molar-refractivity contribution in [2.75, 3.05) is 0 Å². The van der Waals surface area contributed by atoms with Gasteiger partial charge in [0.1, 0.15) is 0 Å². The van der Waals surface area contributed by atoms with Gasteiger partial charge in [-0.3, -0.25) is 0 Å². The van der Waals surface area contributed by atoms with Gasteiger partial charge in [0.05, 0.1) is 11.2 Å². The highest BCUT2D eigenvalue weighted by atomic mass is 16.7. The van der Waals surface area contributed by atoms with Crippen LogP contribution in [0.4, 0.5) is 0 Å². The van der Waals surface area contributed by atoms with E-state index < -0.39 is 7.12 Å². The Labute approximate surface area is 134 Å². The average Bonchev–Trinajstić information content (AvgIpc) is 2.58. The molecule has 0 unspecified atom stereocenters. The second-order valence-corrected chi connectivity index (χ2v) is 7.08. The Morgan fingerprint density at radius 2 is 1.50 bits per heavy atom. The number of terminal acetylenes is 1. The predicted molar refractivity (Wildman–Crippen MR) is 92.2 cm³/mol. The van der Waals surface area contributed by atoms with Crippen LogP contribution in [0.2, 0.25) is 0 Å². The fourth-order valence-corrected chi connectivity index (χ4v) is 3.13. The molecule has 0 saturated carbocycles. The highest BCUT2D eigenvalue weighted by molar-refractivity contribution is 6.63. The molecule has 0 radical (unpaired) electrons. The molecule has 1 saturated heterocycles. The summed E-state index contributed by atoms with van der Waals surface area (Å²) < 4.78 is 12.4. The van der Waals surface area contributed by atoms with Crippen molar-refractivity contribution in [3.05, 3.63) is 27.8 Å². The first-order chi connectivity index (χ1) is 10.1. The molecule has 2 rings (SSSR count). The van der Waals surface area contributed by atoms with E-state index in [-0.39, 0.29) is 11.2 Å². The maximum atomic E-state index is 6.22. The number of hydrogen-bond acceptors (Lipinski definition) is 3. The minimum atomic E-state index is -0.414. The van der Waals surface area contributed by atoms with Crippen LogP contribution in [-0.2, 0) is 15.9 Å². The van der Waals surface area contributed by atoms with Crippen LogP contribution in [0.3, 0.4) is 0 Å². The van der Waals surface area contributed by atoms with Gasteiger partial charge in [0, 0.05) is 12.1 Å². The van der Waals surface area contributed by atoms with E-state index in [4.69, 9.17) is 21.5 Å². The predicted octanol–water partition coefficient (Wildman–Crippen LogP) is 2.35. The summed E-state index contributed by atoms with van der Waals surface area (Å²) in [7, 11) is -0.414. The van der Waals surface area contributed by atoms with Crippen LogP contribution in [0.5, 0.6) is 0 Å². The number of rotatable bonds is 2. The van der Waals surface area contributed by atoms with Crippen LogP contribution in [-0.4, -0.2) is 18.3 Å². The zero-order valence-electron chi connectivity index (χ0n) is 14.8. The van der Waals surface area contributed by atoms with E-state index in [1.165, 1.54) is 0 Å². The van der Waals surface area contributed by atoms with Crippen LogP contribution >= 0.6 is 0 Å². The third-order valence-electron chi connectivity index (χ3n) is 5.30. The second-order valence-electron chi connectivity index (χ2n) is 7.08. The Morgan fingerprint density at radius 3 is 1.91 bits per heavy atom. The normalized spacial score (nSPS) is 19.3. The molecule has 1 heterocycles. The molecule has 3 nitrogen and oxygen atoms in total. The van der Waals surface area contributed by atoms with Crippen molar-refractivity contribution >= 4 is 12.6 Å². The third-order valence-corrected chi connectivity index (χ3v) is 5.30. The van der Waals surface area contributed by atoms with E-state index in [1.807, 2.05) is 13.8 Å². The fourth-order valence-electron chi connectivity index (χ4n) is 3.13. The molecular weight excluding hydrogens is 273 g/mol. The van der Waals surface area contributed by atoms with Gasteiger partial charge in [-0.05, 0) is 76.2 Å². The lowest BCUT2D eigenvalue weighted by Crippen LogP contribution is -2.41. The number of nitrogens with two attached hydrogens (primary N) is 1. The van der Waals surface area contributed by atoms with E-state index in [0.29, 0.717) is 6.54 Å². The molecule has 4 heteroatoms. The Hall–Kier alpha value is -1.28. The zero-order valence-corrected chi connectivity index (χ0v) is 14.8. The van der Waals surface area contributed by atoms with Crippen molar-refractivity contribution in [1.82, 2.24) is 0 Å². The number of benzene rings is 1. The average molecular weight is 299 g/mol. The number of hydrogen-bond donors (Lipinski definition) is 1. The molecule has 1 aromatic rings. The van der Waals surface area contributed by atoms with Crippen molar-refractivity contribution in [3.8, 4) is 12.3 Å². The highest BCUT2D eigenvalue weighted by Crippen LogP contribution is 2.37. The maximum absolute atomic E-state index is 6.22. The van der Waals surface area contributed by atoms with Gasteiger partial charge in [-0.15, -0.1) is 6.42 Å². The van der Waals surface area contributed by atoms with Gasteiger partial charge in [-0.2, -0.15) is 0 Å². The van der Waals surface area contributed by atoms with E-state index in [0.717, 1.165) is 33.3 Å². The quantitative estimate of drug-likeness (QED) is 0.673. The first-order valence-corrected chi connectivity index (χ1v) is 7.72. The van der Waals surface area contributed by atoms with Gasteiger partial charge in [-0.1, -0.05) is 5.92 Å². The van der Waals surface area contributed by atoms with Gasteiger partial charge in [0.15, 0.2) is 0 Å². The molecule has 0 aromatic heterocycles. The van der Waals surface area contributed by atoms with E-state index in [1.54, 1.807) is 0 Å². The Bertz CT molecular complexity index is 640. The molecule has 0 spiro atoms. The van der Waals surface area contributed by atoms with Crippen molar-refractivity contribution < 1.29 is 9.31 Å². The van der Waals surface area contributed by atoms with Crippen LogP contribution in [0, 0.1) is 33.1 Å². The van der Waals surface area contributed by atoms with E-state index in [2.05, 4.69) is 40.5 Å². The Kier molecular flexibility index (Phi) is 4.21. The first-order valence-electron chi connectivity index (χ1n) is 7.72. The summed E-state index contributed by atoms with van der Waals surface area (Å²) in [4.78, 5) is 0. The summed E-state index contributed by atoms with van der Waals surface area (Å²) in [6.07, 6.45) is 5.73. The summed E-state index contributed by atoms with van der Waals surface area (Å²) in [6, 6.07) is 0. The molecule has 0 amide bonds. The van der Waals surface area contributed by atoms with Crippen molar-refractivity contribution in [3.63, 3.8) is 0 Å². The highest BCUT2D eigenvalue weighted by Gasteiger charge is 2.52. The van der Waals surface area contributed by atoms with Crippen molar-refractivity contribution in [1.29, 1.82) is 0 Å². The zero-order chi connectivity index (χ0) is 16.9.